The third-order valence-corrected chi connectivity index (χ3v) is 5.50. The molecule has 0 radical (unpaired) electrons. The molecular weight excluding hydrogens is 361 g/mol. The Bertz CT molecular complexity index is 741. The van der Waals surface area contributed by atoms with E-state index in [1.807, 2.05) is 30.3 Å². The van der Waals surface area contributed by atoms with Gasteiger partial charge in [-0.1, -0.05) is 0 Å². The number of carbonyl (C=O) groups excluding carboxylic acids is 1. The average molecular weight is 379 g/mol. The van der Waals surface area contributed by atoms with E-state index in [-0.39, 0.29) is 22.3 Å². The van der Waals surface area contributed by atoms with Crippen molar-refractivity contribution in [1.29, 1.82) is 0 Å². The van der Waals surface area contributed by atoms with Crippen LogP contribution in [0.3, 0.4) is 0 Å². The fraction of sp³-hybridized carbons (Fsp3) is 0.188. The van der Waals surface area contributed by atoms with Gasteiger partial charge in [-0.3, -0.25) is 0 Å². The summed E-state index contributed by atoms with van der Waals surface area (Å²) >= 11 is -5.29. The molecule has 0 aliphatic carbocycles. The minimum absolute atomic E-state index is 0.108. The number of hydrogen-bond donors (Lipinski definition) is 3. The molecular formula is C16H18AsNO5. The number of nitrogens with zero attached hydrogens (tertiary/aromatic N) is 1. The molecule has 0 saturated carbocycles. The van der Waals surface area contributed by atoms with E-state index >= 15 is 0 Å². The van der Waals surface area contributed by atoms with Crippen LogP contribution in [-0.2, 0) is 15.0 Å². The van der Waals surface area contributed by atoms with Crippen molar-refractivity contribution in [3.8, 4) is 5.75 Å². The average Bonchev–Trinajstić information content (AvgIpc) is 2.48. The van der Waals surface area contributed by atoms with E-state index in [1.54, 1.807) is 0 Å². The van der Waals surface area contributed by atoms with E-state index in [9.17, 15) is 21.8 Å². The number of para-hydroxylation sites is 1. The normalized spacial score (nSPS) is 11.3. The molecule has 3 N–H and O–H groups in total. The van der Waals surface area contributed by atoms with Gasteiger partial charge in [-0.2, -0.15) is 0 Å². The Morgan fingerprint density at radius 3 is 2.30 bits per heavy atom. The summed E-state index contributed by atoms with van der Waals surface area (Å²) in [4.78, 5) is 13.2. The van der Waals surface area contributed by atoms with E-state index in [2.05, 4.69) is 0 Å². The molecule has 0 saturated heterocycles. The number of phenolic OH excluding ortho intramolecular Hbond substituents is 1. The van der Waals surface area contributed by atoms with Gasteiger partial charge in [0.15, 0.2) is 0 Å². The van der Waals surface area contributed by atoms with Gasteiger partial charge in [-0.15, -0.1) is 0 Å². The van der Waals surface area contributed by atoms with Gasteiger partial charge in [0.1, 0.15) is 0 Å². The molecule has 2 aromatic carbocycles. The Kier molecular flexibility index (Phi) is 5.31. The Balaban J connectivity index is 2.39. The standard InChI is InChI=1S/C16H18AsNO5/c1-12(19)18(11-10-13-6-3-2-4-7-13)16-14(17(21,22)23)8-5-9-15(16)20/h2-9,20H,10-11H2,1H3,(H2,21,22,23). The summed E-state index contributed by atoms with van der Waals surface area (Å²) in [5.74, 6) is -0.719. The van der Waals surface area contributed by atoms with Crippen molar-refractivity contribution in [3.63, 3.8) is 0 Å². The van der Waals surface area contributed by atoms with Gasteiger partial charge < -0.3 is 0 Å². The van der Waals surface area contributed by atoms with Crippen LogP contribution in [0.4, 0.5) is 5.69 Å². The monoisotopic (exact) mass is 379 g/mol. The molecule has 0 aliphatic rings. The van der Waals surface area contributed by atoms with Crippen molar-refractivity contribution in [3.05, 3.63) is 54.1 Å². The zero-order valence-corrected chi connectivity index (χ0v) is 14.5. The van der Waals surface area contributed by atoms with Crippen LogP contribution in [0.5, 0.6) is 5.75 Å². The Hall–Kier alpha value is -2.01. The molecule has 2 aromatic rings. The fourth-order valence-corrected chi connectivity index (χ4v) is 4.00. The molecule has 1 amide bonds. The van der Waals surface area contributed by atoms with Crippen molar-refractivity contribution in [1.82, 2.24) is 0 Å². The second-order valence-electron chi connectivity index (χ2n) is 5.10. The zero-order chi connectivity index (χ0) is 17.0. The number of aromatic hydroxyl groups is 1. The second kappa shape index (κ2) is 7.04. The van der Waals surface area contributed by atoms with Gasteiger partial charge in [-0.05, 0) is 0 Å². The second-order valence-corrected chi connectivity index (χ2v) is 8.39. The van der Waals surface area contributed by atoms with Gasteiger partial charge in [-0.25, -0.2) is 0 Å². The maximum absolute atomic E-state index is 12.0. The molecule has 23 heavy (non-hydrogen) atoms. The van der Waals surface area contributed by atoms with Gasteiger partial charge in [0.25, 0.3) is 0 Å². The van der Waals surface area contributed by atoms with Gasteiger partial charge in [0.05, 0.1) is 0 Å². The first-order valence-corrected chi connectivity index (χ1v) is 10.4. The van der Waals surface area contributed by atoms with Crippen LogP contribution in [0.15, 0.2) is 48.5 Å². The van der Waals surface area contributed by atoms with E-state index in [4.69, 9.17) is 0 Å². The Labute approximate surface area is 137 Å². The summed E-state index contributed by atoms with van der Waals surface area (Å²) in [6, 6.07) is 13.3. The molecule has 0 unspecified atom stereocenters. The van der Waals surface area contributed by atoms with Crippen LogP contribution >= 0.6 is 0 Å². The molecule has 122 valence electrons. The predicted octanol–water partition coefficient (Wildman–Crippen LogP) is 0.549. The molecule has 0 heterocycles. The number of hydrogen-bond acceptors (Lipinski definition) is 3. The molecule has 0 atom stereocenters. The predicted molar refractivity (Wildman–Crippen MR) is 86.8 cm³/mol. The summed E-state index contributed by atoms with van der Waals surface area (Å²) < 4.78 is 30.5. The molecule has 0 spiro atoms. The van der Waals surface area contributed by atoms with Crippen molar-refractivity contribution in [2.45, 2.75) is 13.3 Å². The summed E-state index contributed by atoms with van der Waals surface area (Å²) in [5.41, 5.74) is 0.876. The third kappa shape index (κ3) is 4.25. The summed E-state index contributed by atoms with van der Waals surface area (Å²) in [6.45, 7) is 1.51. The van der Waals surface area contributed by atoms with Crippen LogP contribution in [0.25, 0.3) is 0 Å². The van der Waals surface area contributed by atoms with Crippen molar-refractivity contribution >= 4 is 30.1 Å². The van der Waals surface area contributed by atoms with Gasteiger partial charge in [0.2, 0.25) is 0 Å². The first-order chi connectivity index (χ1) is 10.8. The molecule has 0 fully saturated rings. The van der Waals surface area contributed by atoms with Crippen LogP contribution in [-0.4, -0.2) is 39.9 Å². The van der Waals surface area contributed by atoms with E-state index in [1.165, 1.54) is 30.0 Å². The van der Waals surface area contributed by atoms with Crippen LogP contribution in [0, 0.1) is 0 Å². The molecule has 0 bridgehead atoms. The Morgan fingerprint density at radius 1 is 1.09 bits per heavy atom. The summed E-state index contributed by atoms with van der Waals surface area (Å²) in [7, 11) is 0. The van der Waals surface area contributed by atoms with E-state index in [0.717, 1.165) is 5.56 Å². The quantitative estimate of drug-likeness (QED) is 0.660. The number of anilines is 1. The first-order valence-electron chi connectivity index (χ1n) is 7.01. The number of rotatable bonds is 5. The van der Waals surface area contributed by atoms with Crippen LogP contribution in [0.2, 0.25) is 0 Å². The molecule has 6 nitrogen and oxygen atoms in total. The van der Waals surface area contributed by atoms with Crippen LogP contribution < -0.4 is 9.25 Å². The molecule has 7 heteroatoms. The van der Waals surface area contributed by atoms with E-state index < -0.39 is 20.1 Å². The summed E-state index contributed by atoms with van der Waals surface area (Å²) in [5, 5.41) is 10.0. The summed E-state index contributed by atoms with van der Waals surface area (Å²) in [6.07, 6.45) is 0.502. The number of benzene rings is 2. The number of carbonyl (C=O) groups is 1. The van der Waals surface area contributed by atoms with Crippen molar-refractivity contribution < 1.29 is 21.8 Å². The third-order valence-electron chi connectivity index (χ3n) is 3.42. The maximum atomic E-state index is 12.0. The van der Waals surface area contributed by atoms with Gasteiger partial charge >= 0.3 is 137 Å². The topological polar surface area (TPSA) is 98.1 Å². The fourth-order valence-electron chi connectivity index (χ4n) is 2.34. The SMILES string of the molecule is CC(=O)N(CCc1ccccc1)c1c(O)cccc1[As](=O)(O)O. The number of amides is 1. The van der Waals surface area contributed by atoms with Crippen LogP contribution in [0.1, 0.15) is 12.5 Å². The van der Waals surface area contributed by atoms with E-state index in [0.29, 0.717) is 6.42 Å². The minimum atomic E-state index is -5.29. The first kappa shape index (κ1) is 17.3. The van der Waals surface area contributed by atoms with Gasteiger partial charge in [0, 0.05) is 0 Å². The molecule has 2 rings (SSSR count). The number of phenols is 1. The Morgan fingerprint density at radius 2 is 1.74 bits per heavy atom. The van der Waals surface area contributed by atoms with Crippen molar-refractivity contribution in [2.75, 3.05) is 11.4 Å². The van der Waals surface area contributed by atoms with Crippen molar-refractivity contribution in [2.24, 2.45) is 0 Å². The molecule has 0 aromatic heterocycles. The molecule has 0 aliphatic heterocycles. The zero-order valence-electron chi connectivity index (χ0n) is 12.6.